The van der Waals surface area contributed by atoms with Gasteiger partial charge in [0.05, 0.1) is 5.56 Å². The Hall–Kier alpha value is -1.48. The molecule has 0 aliphatic carbocycles. The van der Waals surface area contributed by atoms with E-state index < -0.39 is 0 Å². The second-order valence-corrected chi connectivity index (χ2v) is 5.60. The summed E-state index contributed by atoms with van der Waals surface area (Å²) in [5, 5.41) is 1.66. The smallest absolute Gasteiger partial charge is 0.256 e. The number of aromatic amines is 1. The molecule has 1 aromatic carbocycles. The molecule has 4 heteroatoms. The van der Waals surface area contributed by atoms with Crippen molar-refractivity contribution in [2.45, 2.75) is 26.2 Å². The van der Waals surface area contributed by atoms with E-state index >= 15 is 0 Å². The van der Waals surface area contributed by atoms with Crippen molar-refractivity contribution < 1.29 is 4.79 Å². The lowest BCUT2D eigenvalue weighted by Crippen LogP contribution is -2.35. The minimum atomic E-state index is 0.144. The number of aryl methyl sites for hydroxylation is 1. The van der Waals surface area contributed by atoms with Crippen LogP contribution in [0.3, 0.4) is 0 Å². The molecule has 0 saturated carbocycles. The van der Waals surface area contributed by atoms with E-state index in [1.807, 2.05) is 30.0 Å². The van der Waals surface area contributed by atoms with E-state index in [9.17, 15) is 4.79 Å². The van der Waals surface area contributed by atoms with Gasteiger partial charge in [-0.3, -0.25) is 4.79 Å². The summed E-state index contributed by atoms with van der Waals surface area (Å²) in [7, 11) is 0. The van der Waals surface area contributed by atoms with Gasteiger partial charge in [-0.2, -0.15) is 0 Å². The van der Waals surface area contributed by atoms with Crippen molar-refractivity contribution in [1.82, 2.24) is 9.88 Å². The van der Waals surface area contributed by atoms with E-state index in [0.29, 0.717) is 5.02 Å². The van der Waals surface area contributed by atoms with Crippen molar-refractivity contribution in [1.29, 1.82) is 0 Å². The number of aromatic nitrogens is 1. The Morgan fingerprint density at radius 3 is 2.74 bits per heavy atom. The van der Waals surface area contributed by atoms with Gasteiger partial charge in [-0.25, -0.2) is 0 Å². The summed E-state index contributed by atoms with van der Waals surface area (Å²) in [6.07, 6.45) is 3.45. The molecule has 3 rings (SSSR count). The summed E-state index contributed by atoms with van der Waals surface area (Å²) in [6.45, 7) is 3.70. The van der Waals surface area contributed by atoms with Gasteiger partial charge in [0.1, 0.15) is 0 Å². The molecule has 1 N–H and O–H groups in total. The molecular formula is C15H17ClN2O. The SMILES string of the molecule is Cc1[nH]c2cc(Cl)ccc2c1C(=O)N1CCCCC1. The summed E-state index contributed by atoms with van der Waals surface area (Å²) in [5.41, 5.74) is 2.66. The third kappa shape index (κ3) is 2.23. The molecule has 2 aromatic rings. The van der Waals surface area contributed by atoms with Crippen LogP contribution in [0.2, 0.25) is 5.02 Å². The van der Waals surface area contributed by atoms with E-state index in [1.54, 1.807) is 0 Å². The van der Waals surface area contributed by atoms with E-state index in [4.69, 9.17) is 11.6 Å². The maximum atomic E-state index is 12.7. The van der Waals surface area contributed by atoms with Crippen molar-refractivity contribution in [3.05, 3.63) is 34.5 Å². The van der Waals surface area contributed by atoms with Crippen LogP contribution in [0.25, 0.3) is 10.9 Å². The first-order valence-corrected chi connectivity index (χ1v) is 7.12. The molecule has 1 saturated heterocycles. The molecule has 0 unspecified atom stereocenters. The fourth-order valence-corrected chi connectivity index (χ4v) is 3.01. The van der Waals surface area contributed by atoms with Crippen molar-refractivity contribution in [3.63, 3.8) is 0 Å². The van der Waals surface area contributed by atoms with Crippen molar-refractivity contribution in [3.8, 4) is 0 Å². The quantitative estimate of drug-likeness (QED) is 0.846. The maximum absolute atomic E-state index is 12.7. The van der Waals surface area contributed by atoms with Gasteiger partial charge < -0.3 is 9.88 Å². The zero-order valence-electron chi connectivity index (χ0n) is 11.0. The molecule has 1 aliphatic rings. The Morgan fingerprint density at radius 2 is 2.00 bits per heavy atom. The molecule has 1 aromatic heterocycles. The summed E-state index contributed by atoms with van der Waals surface area (Å²) in [4.78, 5) is 17.9. The van der Waals surface area contributed by atoms with Crippen molar-refractivity contribution in [2.75, 3.05) is 13.1 Å². The van der Waals surface area contributed by atoms with Crippen molar-refractivity contribution >= 4 is 28.4 Å². The van der Waals surface area contributed by atoms with Gasteiger partial charge in [-0.05, 0) is 38.3 Å². The number of amides is 1. The zero-order valence-corrected chi connectivity index (χ0v) is 11.8. The minimum absolute atomic E-state index is 0.144. The number of H-pyrrole nitrogens is 1. The van der Waals surface area contributed by atoms with Gasteiger partial charge in [0, 0.05) is 34.7 Å². The molecule has 2 heterocycles. The number of likely N-dealkylation sites (tertiary alicyclic amines) is 1. The molecule has 1 fully saturated rings. The Balaban J connectivity index is 2.03. The zero-order chi connectivity index (χ0) is 13.4. The van der Waals surface area contributed by atoms with Crippen LogP contribution in [0, 0.1) is 6.92 Å². The predicted octanol–water partition coefficient (Wildman–Crippen LogP) is 3.76. The fraction of sp³-hybridized carbons (Fsp3) is 0.400. The number of rotatable bonds is 1. The Kier molecular flexibility index (Phi) is 3.23. The van der Waals surface area contributed by atoms with E-state index in [-0.39, 0.29) is 5.91 Å². The fourth-order valence-electron chi connectivity index (χ4n) is 2.84. The van der Waals surface area contributed by atoms with Crippen LogP contribution in [-0.4, -0.2) is 28.9 Å². The van der Waals surface area contributed by atoms with Crippen LogP contribution >= 0.6 is 11.6 Å². The largest absolute Gasteiger partial charge is 0.358 e. The molecule has 3 nitrogen and oxygen atoms in total. The average molecular weight is 277 g/mol. The maximum Gasteiger partial charge on any atom is 0.256 e. The Labute approximate surface area is 117 Å². The Morgan fingerprint density at radius 1 is 1.26 bits per heavy atom. The third-order valence-corrected chi connectivity index (χ3v) is 4.04. The number of benzene rings is 1. The second kappa shape index (κ2) is 4.89. The number of carbonyl (C=O) groups is 1. The molecule has 0 radical (unpaired) electrons. The van der Waals surface area contributed by atoms with Gasteiger partial charge in [0.25, 0.3) is 5.91 Å². The molecular weight excluding hydrogens is 260 g/mol. The highest BCUT2D eigenvalue weighted by molar-refractivity contribution is 6.31. The highest BCUT2D eigenvalue weighted by Gasteiger charge is 2.23. The molecule has 100 valence electrons. The summed E-state index contributed by atoms with van der Waals surface area (Å²) in [6, 6.07) is 5.64. The molecule has 0 bridgehead atoms. The van der Waals surface area contributed by atoms with Crippen molar-refractivity contribution in [2.24, 2.45) is 0 Å². The summed E-state index contributed by atoms with van der Waals surface area (Å²) in [5.74, 6) is 0.144. The number of fused-ring (bicyclic) bond motifs is 1. The van der Waals surface area contributed by atoms with Gasteiger partial charge in [-0.1, -0.05) is 17.7 Å². The number of nitrogens with one attached hydrogen (secondary N) is 1. The predicted molar refractivity (Wildman–Crippen MR) is 77.8 cm³/mol. The lowest BCUT2D eigenvalue weighted by molar-refractivity contribution is 0.0725. The molecule has 1 aliphatic heterocycles. The van der Waals surface area contributed by atoms with Crippen LogP contribution in [0.15, 0.2) is 18.2 Å². The highest BCUT2D eigenvalue weighted by atomic mass is 35.5. The van der Waals surface area contributed by atoms with E-state index in [0.717, 1.165) is 48.1 Å². The van der Waals surface area contributed by atoms with Crippen LogP contribution in [0.4, 0.5) is 0 Å². The number of hydrogen-bond donors (Lipinski definition) is 1. The standard InChI is InChI=1S/C15H17ClN2O/c1-10-14(15(19)18-7-3-2-4-8-18)12-6-5-11(16)9-13(12)17-10/h5-6,9,17H,2-4,7-8H2,1H3. The summed E-state index contributed by atoms with van der Waals surface area (Å²) < 4.78 is 0. The lowest BCUT2D eigenvalue weighted by Gasteiger charge is -2.26. The highest BCUT2D eigenvalue weighted by Crippen LogP contribution is 2.27. The first-order valence-electron chi connectivity index (χ1n) is 6.74. The Bertz CT molecular complexity index is 626. The first kappa shape index (κ1) is 12.5. The summed E-state index contributed by atoms with van der Waals surface area (Å²) >= 11 is 5.99. The average Bonchev–Trinajstić information content (AvgIpc) is 2.74. The molecule has 19 heavy (non-hydrogen) atoms. The number of nitrogens with zero attached hydrogens (tertiary/aromatic N) is 1. The molecule has 0 spiro atoms. The molecule has 1 amide bonds. The normalized spacial score (nSPS) is 16.0. The van der Waals surface area contributed by atoms with Gasteiger partial charge in [-0.15, -0.1) is 0 Å². The topological polar surface area (TPSA) is 36.1 Å². The number of carbonyl (C=O) groups excluding carboxylic acids is 1. The van der Waals surface area contributed by atoms with Crippen LogP contribution < -0.4 is 0 Å². The van der Waals surface area contributed by atoms with Crippen LogP contribution in [-0.2, 0) is 0 Å². The minimum Gasteiger partial charge on any atom is -0.358 e. The number of halogens is 1. The molecule has 0 atom stereocenters. The monoisotopic (exact) mass is 276 g/mol. The van der Waals surface area contributed by atoms with Crippen LogP contribution in [0.1, 0.15) is 35.3 Å². The second-order valence-electron chi connectivity index (χ2n) is 5.17. The number of piperidine rings is 1. The van der Waals surface area contributed by atoms with E-state index in [2.05, 4.69) is 4.98 Å². The van der Waals surface area contributed by atoms with Gasteiger partial charge >= 0.3 is 0 Å². The number of hydrogen-bond acceptors (Lipinski definition) is 1. The van der Waals surface area contributed by atoms with Gasteiger partial charge in [0.15, 0.2) is 0 Å². The first-order chi connectivity index (χ1) is 9.16. The van der Waals surface area contributed by atoms with E-state index in [1.165, 1.54) is 6.42 Å². The van der Waals surface area contributed by atoms with Gasteiger partial charge in [0.2, 0.25) is 0 Å². The lowest BCUT2D eigenvalue weighted by atomic mass is 10.1. The van der Waals surface area contributed by atoms with Crippen LogP contribution in [0.5, 0.6) is 0 Å². The third-order valence-electron chi connectivity index (χ3n) is 3.81.